The Morgan fingerprint density at radius 3 is 2.71 bits per heavy atom. The number of hydrogen-bond donors (Lipinski definition) is 0. The molecule has 0 N–H and O–H groups in total. The molecular weight excluding hydrogens is 226 g/mol. The van der Waals surface area contributed by atoms with E-state index in [0.717, 1.165) is 5.92 Å². The van der Waals surface area contributed by atoms with Crippen LogP contribution in [0.2, 0.25) is 0 Å². The van der Waals surface area contributed by atoms with Crippen molar-refractivity contribution in [3.8, 4) is 0 Å². The number of rotatable bonds is 2. The van der Waals surface area contributed by atoms with Crippen LogP contribution in [0.3, 0.4) is 0 Å². The third kappa shape index (κ3) is 2.74. The Kier molecular flexibility index (Phi) is 3.65. The molecule has 1 unspecified atom stereocenters. The van der Waals surface area contributed by atoms with Crippen LogP contribution in [0.5, 0.6) is 0 Å². The molecule has 0 spiro atoms. The lowest BCUT2D eigenvalue weighted by molar-refractivity contribution is 0.0789. The van der Waals surface area contributed by atoms with Crippen molar-refractivity contribution >= 4 is 11.3 Å². The van der Waals surface area contributed by atoms with Crippen LogP contribution in [0.25, 0.3) is 0 Å². The third-order valence-corrected chi connectivity index (χ3v) is 4.48. The Balaban J connectivity index is 2.31. The molecule has 0 aliphatic carbocycles. The molecule has 0 fully saturated rings. The Hall–Kier alpha value is -0.340. The smallest absolute Gasteiger partial charge is 0.0407 e. The van der Waals surface area contributed by atoms with Crippen LogP contribution < -0.4 is 0 Å². The summed E-state index contributed by atoms with van der Waals surface area (Å²) in [4.78, 5) is 4.31. The average Bonchev–Trinajstić information content (AvgIpc) is 2.61. The fourth-order valence-electron chi connectivity index (χ4n) is 3.05. The van der Waals surface area contributed by atoms with Crippen molar-refractivity contribution in [2.45, 2.75) is 47.1 Å². The SMILES string of the molecule is CC(C)CN1CCc2sccc2C1C(C)(C)C. The molecule has 0 amide bonds. The van der Waals surface area contributed by atoms with E-state index in [2.05, 4.69) is 51.0 Å². The minimum Gasteiger partial charge on any atom is -0.295 e. The quantitative estimate of drug-likeness (QED) is 0.755. The van der Waals surface area contributed by atoms with E-state index in [1.165, 1.54) is 19.5 Å². The largest absolute Gasteiger partial charge is 0.295 e. The fraction of sp³-hybridized carbons (Fsp3) is 0.733. The van der Waals surface area contributed by atoms with Gasteiger partial charge in [0.15, 0.2) is 0 Å². The first-order valence-corrected chi connectivity index (χ1v) is 7.58. The molecule has 0 bridgehead atoms. The third-order valence-electron chi connectivity index (χ3n) is 3.49. The molecule has 1 aliphatic heterocycles. The van der Waals surface area contributed by atoms with E-state index < -0.39 is 0 Å². The van der Waals surface area contributed by atoms with Crippen molar-refractivity contribution in [3.63, 3.8) is 0 Å². The van der Waals surface area contributed by atoms with Crippen LogP contribution in [-0.2, 0) is 6.42 Å². The van der Waals surface area contributed by atoms with E-state index >= 15 is 0 Å². The van der Waals surface area contributed by atoms with Gasteiger partial charge in [-0.15, -0.1) is 11.3 Å². The summed E-state index contributed by atoms with van der Waals surface area (Å²) in [5.41, 5.74) is 1.92. The molecule has 96 valence electrons. The molecule has 1 nitrogen and oxygen atoms in total. The van der Waals surface area contributed by atoms with Crippen molar-refractivity contribution in [3.05, 3.63) is 21.9 Å². The second-order valence-electron chi connectivity index (χ2n) is 6.71. The molecule has 2 heterocycles. The van der Waals surface area contributed by atoms with Gasteiger partial charge >= 0.3 is 0 Å². The Bertz CT molecular complexity index is 373. The number of nitrogens with zero attached hydrogens (tertiary/aromatic N) is 1. The summed E-state index contributed by atoms with van der Waals surface area (Å²) < 4.78 is 0. The van der Waals surface area contributed by atoms with Gasteiger partial charge in [-0.2, -0.15) is 0 Å². The highest BCUT2D eigenvalue weighted by atomic mass is 32.1. The van der Waals surface area contributed by atoms with Gasteiger partial charge in [-0.1, -0.05) is 34.6 Å². The molecule has 1 atom stereocenters. The summed E-state index contributed by atoms with van der Waals surface area (Å²) in [6.45, 7) is 14.2. The number of thiophene rings is 1. The molecule has 1 aromatic heterocycles. The van der Waals surface area contributed by atoms with Crippen LogP contribution in [0.1, 0.15) is 51.1 Å². The molecule has 0 aromatic carbocycles. The van der Waals surface area contributed by atoms with Crippen molar-refractivity contribution < 1.29 is 0 Å². The first-order chi connectivity index (χ1) is 7.89. The normalized spacial score (nSPS) is 21.9. The van der Waals surface area contributed by atoms with E-state index in [1.807, 2.05) is 11.3 Å². The van der Waals surface area contributed by atoms with Gasteiger partial charge in [0.25, 0.3) is 0 Å². The Labute approximate surface area is 110 Å². The maximum absolute atomic E-state index is 2.69. The van der Waals surface area contributed by atoms with Gasteiger partial charge in [-0.25, -0.2) is 0 Å². The molecule has 2 heteroatoms. The highest BCUT2D eigenvalue weighted by Crippen LogP contribution is 2.43. The maximum atomic E-state index is 2.69. The Morgan fingerprint density at radius 2 is 2.12 bits per heavy atom. The van der Waals surface area contributed by atoms with Gasteiger partial charge < -0.3 is 0 Å². The molecule has 0 saturated carbocycles. The average molecular weight is 251 g/mol. The van der Waals surface area contributed by atoms with Crippen molar-refractivity contribution in [1.29, 1.82) is 0 Å². The van der Waals surface area contributed by atoms with Crippen LogP contribution in [0.4, 0.5) is 0 Å². The number of fused-ring (bicyclic) bond motifs is 1. The van der Waals surface area contributed by atoms with Crippen LogP contribution in [-0.4, -0.2) is 18.0 Å². The van der Waals surface area contributed by atoms with E-state index in [9.17, 15) is 0 Å². The minimum absolute atomic E-state index is 0.325. The summed E-state index contributed by atoms with van der Waals surface area (Å²) >= 11 is 1.94. The molecule has 2 rings (SSSR count). The van der Waals surface area contributed by atoms with Crippen molar-refractivity contribution in [1.82, 2.24) is 4.90 Å². The topological polar surface area (TPSA) is 3.24 Å². The summed E-state index contributed by atoms with van der Waals surface area (Å²) in [5.74, 6) is 0.750. The first kappa shape index (κ1) is 13.1. The summed E-state index contributed by atoms with van der Waals surface area (Å²) in [5, 5.41) is 2.27. The number of hydrogen-bond acceptors (Lipinski definition) is 2. The van der Waals surface area contributed by atoms with Crippen LogP contribution >= 0.6 is 11.3 Å². The van der Waals surface area contributed by atoms with Crippen molar-refractivity contribution in [2.24, 2.45) is 11.3 Å². The minimum atomic E-state index is 0.325. The molecule has 0 radical (unpaired) electrons. The van der Waals surface area contributed by atoms with Crippen LogP contribution in [0, 0.1) is 11.3 Å². The van der Waals surface area contributed by atoms with Gasteiger partial charge in [0, 0.05) is 24.0 Å². The molecular formula is C15H25NS. The second-order valence-corrected chi connectivity index (χ2v) is 7.71. The Morgan fingerprint density at radius 1 is 1.41 bits per heavy atom. The molecule has 1 aliphatic rings. The van der Waals surface area contributed by atoms with E-state index in [4.69, 9.17) is 0 Å². The van der Waals surface area contributed by atoms with E-state index in [0.29, 0.717) is 11.5 Å². The lowest BCUT2D eigenvalue weighted by Gasteiger charge is -2.44. The zero-order valence-corrected chi connectivity index (χ0v) is 12.6. The zero-order valence-electron chi connectivity index (χ0n) is 11.8. The van der Waals surface area contributed by atoms with Gasteiger partial charge in [0.2, 0.25) is 0 Å². The van der Waals surface area contributed by atoms with Crippen LogP contribution in [0.15, 0.2) is 11.4 Å². The summed E-state index contributed by atoms with van der Waals surface area (Å²) in [6.07, 6.45) is 1.24. The second kappa shape index (κ2) is 4.74. The zero-order chi connectivity index (χ0) is 12.6. The molecule has 17 heavy (non-hydrogen) atoms. The maximum Gasteiger partial charge on any atom is 0.0407 e. The monoisotopic (exact) mass is 251 g/mol. The summed E-state index contributed by atoms with van der Waals surface area (Å²) in [6, 6.07) is 2.95. The summed E-state index contributed by atoms with van der Waals surface area (Å²) in [7, 11) is 0. The standard InChI is InChI=1S/C15H25NS/c1-11(2)10-16-8-6-13-12(7-9-17-13)14(16)15(3,4)5/h7,9,11,14H,6,8,10H2,1-5H3. The van der Waals surface area contributed by atoms with Gasteiger partial charge in [-0.3, -0.25) is 4.90 Å². The predicted octanol–water partition coefficient (Wildman–Crippen LogP) is 4.35. The van der Waals surface area contributed by atoms with Gasteiger partial charge in [-0.05, 0) is 34.8 Å². The van der Waals surface area contributed by atoms with Gasteiger partial charge in [0.1, 0.15) is 0 Å². The predicted molar refractivity (Wildman–Crippen MR) is 76.6 cm³/mol. The fourth-order valence-corrected chi connectivity index (χ4v) is 3.95. The molecule has 0 saturated heterocycles. The van der Waals surface area contributed by atoms with Gasteiger partial charge in [0.05, 0.1) is 0 Å². The van der Waals surface area contributed by atoms with Crippen molar-refractivity contribution in [2.75, 3.05) is 13.1 Å². The first-order valence-electron chi connectivity index (χ1n) is 6.70. The lowest BCUT2D eigenvalue weighted by atomic mass is 9.79. The lowest BCUT2D eigenvalue weighted by Crippen LogP contribution is -2.43. The highest BCUT2D eigenvalue weighted by Gasteiger charge is 2.36. The van der Waals surface area contributed by atoms with E-state index in [1.54, 1.807) is 10.4 Å². The van der Waals surface area contributed by atoms with E-state index in [-0.39, 0.29) is 0 Å². The molecule has 1 aromatic rings. The highest BCUT2D eigenvalue weighted by molar-refractivity contribution is 7.10.